The van der Waals surface area contributed by atoms with Gasteiger partial charge in [-0.3, -0.25) is 4.79 Å². The number of carbonyl (C=O) groups excluding carboxylic acids is 1. The zero-order valence-electron chi connectivity index (χ0n) is 12.3. The number of hydrogen-bond donors (Lipinski definition) is 1. The Kier molecular flexibility index (Phi) is 6.38. The van der Waals surface area contributed by atoms with Crippen LogP contribution in [0.4, 0.5) is 0 Å². The van der Waals surface area contributed by atoms with Gasteiger partial charge < -0.3 is 9.84 Å². The summed E-state index contributed by atoms with van der Waals surface area (Å²) in [5.41, 5.74) is 0. The van der Waals surface area contributed by atoms with Crippen LogP contribution in [0.2, 0.25) is 0 Å². The van der Waals surface area contributed by atoms with Crippen molar-refractivity contribution in [1.82, 2.24) is 8.61 Å². The van der Waals surface area contributed by atoms with Gasteiger partial charge in [-0.25, -0.2) is 0 Å². The van der Waals surface area contributed by atoms with Crippen LogP contribution in [0, 0.1) is 5.92 Å². The Hall–Kier alpha value is -0.700. The van der Waals surface area contributed by atoms with Gasteiger partial charge in [0.25, 0.3) is 10.2 Å². The summed E-state index contributed by atoms with van der Waals surface area (Å²) >= 11 is 0. The maximum atomic E-state index is 12.3. The minimum Gasteiger partial charge on any atom is -0.469 e. The summed E-state index contributed by atoms with van der Waals surface area (Å²) in [6.45, 7) is 2.54. The normalized spacial score (nSPS) is 20.1. The van der Waals surface area contributed by atoms with Crippen LogP contribution in [0.5, 0.6) is 0 Å². The highest BCUT2D eigenvalue weighted by molar-refractivity contribution is 7.86. The predicted octanol–water partition coefficient (Wildman–Crippen LogP) is -0.181. The first kappa shape index (κ1) is 17.4. The number of ether oxygens (including phenoxy) is 1. The molecule has 1 unspecified atom stereocenters. The summed E-state index contributed by atoms with van der Waals surface area (Å²) in [4.78, 5) is 11.4. The zero-order chi connectivity index (χ0) is 15.3. The topological polar surface area (TPSA) is 87.2 Å². The molecule has 0 aromatic heterocycles. The van der Waals surface area contributed by atoms with Gasteiger partial charge in [-0.05, 0) is 26.2 Å². The summed E-state index contributed by atoms with van der Waals surface area (Å²) in [6.07, 6.45) is 0.832. The molecule has 1 atom stereocenters. The standard InChI is InChI=1S/C12H24N2O5S/c1-10(15)4-7-13(2)20(17,18)14-8-5-11(6-9-14)12(16)19-3/h10-11,15H,4-9H2,1-3H3. The maximum absolute atomic E-state index is 12.3. The molecule has 1 aliphatic heterocycles. The molecule has 1 heterocycles. The maximum Gasteiger partial charge on any atom is 0.308 e. The second kappa shape index (κ2) is 7.35. The van der Waals surface area contributed by atoms with Crippen molar-refractivity contribution in [2.24, 2.45) is 5.92 Å². The second-order valence-electron chi connectivity index (χ2n) is 5.16. The number of aliphatic hydroxyl groups is 1. The fourth-order valence-electron chi connectivity index (χ4n) is 2.17. The van der Waals surface area contributed by atoms with E-state index in [1.807, 2.05) is 0 Å². The van der Waals surface area contributed by atoms with Crippen LogP contribution in [0.15, 0.2) is 0 Å². The first-order chi connectivity index (χ1) is 9.28. The summed E-state index contributed by atoms with van der Waals surface area (Å²) < 4.78 is 31.9. The molecule has 1 saturated heterocycles. The molecule has 0 aromatic rings. The number of carbonyl (C=O) groups is 1. The van der Waals surface area contributed by atoms with Crippen molar-refractivity contribution >= 4 is 16.2 Å². The number of rotatable bonds is 6. The third-order valence-electron chi connectivity index (χ3n) is 3.57. The van der Waals surface area contributed by atoms with Crippen LogP contribution in [0.25, 0.3) is 0 Å². The summed E-state index contributed by atoms with van der Waals surface area (Å²) in [6, 6.07) is 0. The molecular formula is C12H24N2O5S. The number of nitrogens with zero attached hydrogens (tertiary/aromatic N) is 2. The van der Waals surface area contributed by atoms with Crippen LogP contribution >= 0.6 is 0 Å². The molecule has 1 N–H and O–H groups in total. The Bertz CT molecular complexity index is 416. The van der Waals surface area contributed by atoms with Crippen molar-refractivity contribution < 1.29 is 23.1 Å². The Morgan fingerprint density at radius 3 is 2.45 bits per heavy atom. The molecule has 1 rings (SSSR count). The fourth-order valence-corrected chi connectivity index (χ4v) is 3.57. The van der Waals surface area contributed by atoms with E-state index in [0.717, 1.165) is 0 Å². The molecule has 118 valence electrons. The summed E-state index contributed by atoms with van der Waals surface area (Å²) in [5.74, 6) is -0.487. The third kappa shape index (κ3) is 4.41. The van der Waals surface area contributed by atoms with Crippen LogP contribution in [-0.4, -0.2) is 68.0 Å². The first-order valence-corrected chi connectivity index (χ1v) is 8.16. The molecule has 0 spiro atoms. The van der Waals surface area contributed by atoms with E-state index in [2.05, 4.69) is 4.74 Å². The Morgan fingerprint density at radius 1 is 1.45 bits per heavy atom. The van der Waals surface area contributed by atoms with Crippen LogP contribution < -0.4 is 0 Å². The predicted molar refractivity (Wildman–Crippen MR) is 74.2 cm³/mol. The molecular weight excluding hydrogens is 284 g/mol. The van der Waals surface area contributed by atoms with Crippen molar-refractivity contribution in [3.05, 3.63) is 0 Å². The van der Waals surface area contributed by atoms with Crippen LogP contribution in [0.3, 0.4) is 0 Å². The molecule has 0 aromatic carbocycles. The quantitative estimate of drug-likeness (QED) is 0.688. The lowest BCUT2D eigenvalue weighted by atomic mass is 9.99. The van der Waals surface area contributed by atoms with E-state index in [9.17, 15) is 18.3 Å². The van der Waals surface area contributed by atoms with Gasteiger partial charge in [0.1, 0.15) is 0 Å². The summed E-state index contributed by atoms with van der Waals surface area (Å²) in [5, 5.41) is 9.21. The molecule has 0 radical (unpaired) electrons. The molecule has 20 heavy (non-hydrogen) atoms. The van der Waals surface area contributed by atoms with Gasteiger partial charge >= 0.3 is 5.97 Å². The van der Waals surface area contributed by atoms with E-state index in [0.29, 0.717) is 32.4 Å². The van der Waals surface area contributed by atoms with E-state index >= 15 is 0 Å². The lowest BCUT2D eigenvalue weighted by Crippen LogP contribution is -2.47. The van der Waals surface area contributed by atoms with Gasteiger partial charge in [-0.15, -0.1) is 0 Å². The minimum absolute atomic E-state index is 0.214. The highest BCUT2D eigenvalue weighted by Crippen LogP contribution is 2.22. The van der Waals surface area contributed by atoms with Crippen LogP contribution in [-0.2, 0) is 19.7 Å². The molecule has 0 amide bonds. The first-order valence-electron chi connectivity index (χ1n) is 6.76. The van der Waals surface area contributed by atoms with E-state index in [-0.39, 0.29) is 18.4 Å². The average Bonchev–Trinajstić information content (AvgIpc) is 2.43. The lowest BCUT2D eigenvalue weighted by molar-refractivity contribution is -0.146. The summed E-state index contributed by atoms with van der Waals surface area (Å²) in [7, 11) is -0.663. The van der Waals surface area contributed by atoms with Gasteiger partial charge in [0.2, 0.25) is 0 Å². The van der Waals surface area contributed by atoms with E-state index < -0.39 is 16.3 Å². The smallest absolute Gasteiger partial charge is 0.308 e. The number of methoxy groups -OCH3 is 1. The van der Waals surface area contributed by atoms with Crippen molar-refractivity contribution in [2.75, 3.05) is 33.8 Å². The highest BCUT2D eigenvalue weighted by Gasteiger charge is 2.33. The van der Waals surface area contributed by atoms with Gasteiger partial charge in [-0.1, -0.05) is 0 Å². The molecule has 0 bridgehead atoms. The Morgan fingerprint density at radius 2 is 2.00 bits per heavy atom. The van der Waals surface area contributed by atoms with Crippen molar-refractivity contribution in [2.45, 2.75) is 32.3 Å². The van der Waals surface area contributed by atoms with Crippen molar-refractivity contribution in [1.29, 1.82) is 0 Å². The molecule has 0 aliphatic carbocycles. The van der Waals surface area contributed by atoms with Gasteiger partial charge in [0.05, 0.1) is 19.1 Å². The largest absolute Gasteiger partial charge is 0.469 e. The van der Waals surface area contributed by atoms with Crippen molar-refractivity contribution in [3.63, 3.8) is 0 Å². The third-order valence-corrected chi connectivity index (χ3v) is 5.56. The van der Waals surface area contributed by atoms with Crippen LogP contribution in [0.1, 0.15) is 26.2 Å². The number of piperidine rings is 1. The fraction of sp³-hybridized carbons (Fsp3) is 0.917. The number of aliphatic hydroxyl groups excluding tert-OH is 1. The Balaban J connectivity index is 2.56. The SMILES string of the molecule is COC(=O)C1CCN(S(=O)(=O)N(C)CCC(C)O)CC1. The van der Waals surface area contributed by atoms with E-state index in [4.69, 9.17) is 0 Å². The van der Waals surface area contributed by atoms with Gasteiger partial charge in [-0.2, -0.15) is 17.0 Å². The monoisotopic (exact) mass is 308 g/mol. The molecule has 1 fully saturated rings. The lowest BCUT2D eigenvalue weighted by Gasteiger charge is -2.32. The molecule has 7 nitrogen and oxygen atoms in total. The second-order valence-corrected chi connectivity index (χ2v) is 7.20. The molecule has 0 saturated carbocycles. The highest BCUT2D eigenvalue weighted by atomic mass is 32.2. The number of hydrogen-bond acceptors (Lipinski definition) is 5. The van der Waals surface area contributed by atoms with E-state index in [1.165, 1.54) is 22.8 Å². The zero-order valence-corrected chi connectivity index (χ0v) is 13.1. The van der Waals surface area contributed by atoms with Gasteiger partial charge in [0.15, 0.2) is 0 Å². The molecule has 1 aliphatic rings. The Labute approximate surface area is 120 Å². The average molecular weight is 308 g/mol. The van der Waals surface area contributed by atoms with Crippen molar-refractivity contribution in [3.8, 4) is 0 Å². The van der Waals surface area contributed by atoms with Gasteiger partial charge in [0, 0.05) is 26.7 Å². The van der Waals surface area contributed by atoms with E-state index in [1.54, 1.807) is 6.92 Å². The molecule has 8 heteroatoms. The minimum atomic E-state index is -3.51. The number of esters is 1.